The topological polar surface area (TPSA) is 139 Å². The second kappa shape index (κ2) is 9.99. The maximum Gasteiger partial charge on any atom is 0.248 e. The number of nitrogens with two attached hydrogens (primary N) is 2. The predicted molar refractivity (Wildman–Crippen MR) is 125 cm³/mol. The Morgan fingerprint density at radius 2 is 1.75 bits per heavy atom. The number of hydrogen-bond donors (Lipinski definition) is 4. The summed E-state index contributed by atoms with van der Waals surface area (Å²) in [6.45, 7) is 0. The fraction of sp³-hybridized carbons (Fsp3) is 0.0435. The first-order valence-corrected chi connectivity index (χ1v) is 10.5. The molecule has 0 saturated carbocycles. The average molecular weight is 455 g/mol. The zero-order chi connectivity index (χ0) is 22.6. The van der Waals surface area contributed by atoms with Crippen LogP contribution in [-0.2, 0) is 14.8 Å². The molecule has 0 heterocycles. The molecule has 3 aromatic rings. The van der Waals surface area contributed by atoms with E-state index >= 15 is 0 Å². The number of anilines is 1. The SMILES string of the molecule is C.N=C(N)c1cccc(/C=C\C(=O)Nc2ccc(-c3ccccc3S(N)(=O)=O)cc2F)c1. The Balaban J connectivity index is 0.00000363. The van der Waals surface area contributed by atoms with Gasteiger partial charge in [0, 0.05) is 17.2 Å². The molecule has 0 aliphatic heterocycles. The van der Waals surface area contributed by atoms with Crippen LogP contribution in [0.1, 0.15) is 18.6 Å². The number of halogens is 1. The smallest absolute Gasteiger partial charge is 0.248 e. The Kier molecular flexibility index (Phi) is 7.63. The van der Waals surface area contributed by atoms with Gasteiger partial charge in [0.25, 0.3) is 0 Å². The Morgan fingerprint density at radius 1 is 1.03 bits per heavy atom. The van der Waals surface area contributed by atoms with Gasteiger partial charge in [-0.3, -0.25) is 10.2 Å². The van der Waals surface area contributed by atoms with Gasteiger partial charge in [0.2, 0.25) is 15.9 Å². The molecule has 3 rings (SSSR count). The molecular weight excluding hydrogens is 431 g/mol. The first kappa shape index (κ1) is 24.4. The molecule has 0 bridgehead atoms. The molecule has 9 heteroatoms. The van der Waals surface area contributed by atoms with Crippen molar-refractivity contribution in [3.05, 3.63) is 89.8 Å². The normalized spacial score (nSPS) is 11.1. The summed E-state index contributed by atoms with van der Waals surface area (Å²) in [7, 11) is -3.99. The predicted octanol–water partition coefficient (Wildman–Crippen LogP) is 3.71. The minimum Gasteiger partial charge on any atom is -0.384 e. The third-order valence-corrected chi connectivity index (χ3v) is 5.33. The summed E-state index contributed by atoms with van der Waals surface area (Å²) in [5, 5.41) is 15.1. The highest BCUT2D eigenvalue weighted by Gasteiger charge is 2.16. The highest BCUT2D eigenvalue weighted by molar-refractivity contribution is 7.89. The number of benzene rings is 3. The molecule has 0 aliphatic carbocycles. The summed E-state index contributed by atoms with van der Waals surface area (Å²) in [4.78, 5) is 12.0. The number of primary sulfonamides is 1. The molecule has 1 amide bonds. The molecule has 0 saturated heterocycles. The molecule has 0 atom stereocenters. The van der Waals surface area contributed by atoms with Crippen LogP contribution < -0.4 is 16.2 Å². The van der Waals surface area contributed by atoms with E-state index in [0.717, 1.165) is 6.07 Å². The number of carbonyl (C=O) groups is 1. The van der Waals surface area contributed by atoms with E-state index < -0.39 is 21.7 Å². The quantitative estimate of drug-likeness (QED) is 0.256. The van der Waals surface area contributed by atoms with E-state index in [-0.39, 0.29) is 29.4 Å². The first-order valence-electron chi connectivity index (χ1n) is 9.00. The van der Waals surface area contributed by atoms with Crippen molar-refractivity contribution in [3.63, 3.8) is 0 Å². The lowest BCUT2D eigenvalue weighted by Gasteiger charge is -2.10. The van der Waals surface area contributed by atoms with Crippen molar-refractivity contribution in [1.82, 2.24) is 0 Å². The van der Waals surface area contributed by atoms with Crippen LogP contribution in [0.5, 0.6) is 0 Å². The van der Waals surface area contributed by atoms with Crippen molar-refractivity contribution in [2.24, 2.45) is 10.9 Å². The van der Waals surface area contributed by atoms with Gasteiger partial charge in [-0.15, -0.1) is 0 Å². The second-order valence-electron chi connectivity index (χ2n) is 6.60. The summed E-state index contributed by atoms with van der Waals surface area (Å²) >= 11 is 0. The van der Waals surface area contributed by atoms with E-state index in [9.17, 15) is 17.6 Å². The molecule has 0 radical (unpaired) electrons. The van der Waals surface area contributed by atoms with E-state index in [4.69, 9.17) is 16.3 Å². The Hall–Kier alpha value is -3.82. The average Bonchev–Trinajstić information content (AvgIpc) is 2.73. The highest BCUT2D eigenvalue weighted by atomic mass is 32.2. The summed E-state index contributed by atoms with van der Waals surface area (Å²) in [5.74, 6) is -1.39. The Morgan fingerprint density at radius 3 is 2.41 bits per heavy atom. The number of nitrogen functional groups attached to an aromatic ring is 1. The van der Waals surface area contributed by atoms with E-state index in [1.807, 2.05) is 0 Å². The molecular formula is C23H23FN4O3S. The van der Waals surface area contributed by atoms with Crippen molar-refractivity contribution in [1.29, 1.82) is 5.41 Å². The van der Waals surface area contributed by atoms with Crippen molar-refractivity contribution in [2.45, 2.75) is 12.3 Å². The number of amides is 1. The molecule has 6 N–H and O–H groups in total. The van der Waals surface area contributed by atoms with Gasteiger partial charge in [0.1, 0.15) is 11.7 Å². The fourth-order valence-electron chi connectivity index (χ4n) is 2.89. The van der Waals surface area contributed by atoms with Crippen LogP contribution >= 0.6 is 0 Å². The fourth-order valence-corrected chi connectivity index (χ4v) is 3.65. The standard InChI is InChI=1S/C22H19FN4O3S.CH4/c23-18-13-15(17-6-1-2-7-20(17)31(26,29)30)9-10-19(18)27-21(28)11-8-14-4-3-5-16(12-14)22(24)25;/h1-13H,(H3,24,25)(H,27,28)(H2,26,29,30);1H4/b11-8-;. The van der Waals surface area contributed by atoms with Crippen molar-refractivity contribution in [2.75, 3.05) is 5.32 Å². The summed E-state index contributed by atoms with van der Waals surface area (Å²) in [5.41, 5.74) is 7.10. The van der Waals surface area contributed by atoms with Crippen LogP contribution in [0.25, 0.3) is 17.2 Å². The lowest BCUT2D eigenvalue weighted by atomic mass is 10.0. The number of sulfonamides is 1. The number of hydrogen-bond acceptors (Lipinski definition) is 4. The van der Waals surface area contributed by atoms with Gasteiger partial charge < -0.3 is 11.1 Å². The Bertz CT molecular complexity index is 1300. The van der Waals surface area contributed by atoms with Gasteiger partial charge in [0.15, 0.2) is 0 Å². The number of rotatable bonds is 6. The number of nitrogens with one attached hydrogen (secondary N) is 2. The minimum absolute atomic E-state index is 0. The number of carbonyl (C=O) groups excluding carboxylic acids is 1. The maximum atomic E-state index is 14.6. The second-order valence-corrected chi connectivity index (χ2v) is 8.13. The Labute approximate surface area is 186 Å². The van der Waals surface area contributed by atoms with Gasteiger partial charge in [-0.25, -0.2) is 17.9 Å². The molecule has 166 valence electrons. The zero-order valence-electron chi connectivity index (χ0n) is 16.2. The number of amidine groups is 1. The van der Waals surface area contributed by atoms with Crippen LogP contribution in [-0.4, -0.2) is 20.2 Å². The summed E-state index contributed by atoms with van der Waals surface area (Å²) in [6, 6.07) is 16.7. The van der Waals surface area contributed by atoms with Crippen LogP contribution in [0.3, 0.4) is 0 Å². The highest BCUT2D eigenvalue weighted by Crippen LogP contribution is 2.29. The van der Waals surface area contributed by atoms with Gasteiger partial charge >= 0.3 is 0 Å². The van der Waals surface area contributed by atoms with Crippen LogP contribution in [0.15, 0.2) is 77.7 Å². The van der Waals surface area contributed by atoms with E-state index in [1.54, 1.807) is 30.3 Å². The monoisotopic (exact) mass is 454 g/mol. The molecule has 3 aromatic carbocycles. The van der Waals surface area contributed by atoms with Crippen LogP contribution in [0.2, 0.25) is 0 Å². The van der Waals surface area contributed by atoms with Crippen LogP contribution in [0.4, 0.5) is 10.1 Å². The molecule has 7 nitrogen and oxygen atoms in total. The third kappa shape index (κ3) is 5.87. The molecule has 32 heavy (non-hydrogen) atoms. The van der Waals surface area contributed by atoms with Gasteiger partial charge in [-0.1, -0.05) is 49.9 Å². The third-order valence-electron chi connectivity index (χ3n) is 4.36. The van der Waals surface area contributed by atoms with Crippen LogP contribution in [0, 0.1) is 11.2 Å². The van der Waals surface area contributed by atoms with E-state index in [1.165, 1.54) is 42.5 Å². The van der Waals surface area contributed by atoms with Gasteiger partial charge in [-0.2, -0.15) is 0 Å². The van der Waals surface area contributed by atoms with E-state index in [2.05, 4.69) is 5.32 Å². The summed E-state index contributed by atoms with van der Waals surface area (Å²) < 4.78 is 38.1. The van der Waals surface area contributed by atoms with E-state index in [0.29, 0.717) is 16.7 Å². The van der Waals surface area contributed by atoms with Gasteiger partial charge in [-0.05, 0) is 41.5 Å². The largest absolute Gasteiger partial charge is 0.384 e. The molecule has 0 spiro atoms. The molecule has 0 fully saturated rings. The van der Waals surface area contributed by atoms with Crippen molar-refractivity contribution in [3.8, 4) is 11.1 Å². The molecule has 0 unspecified atom stereocenters. The lowest BCUT2D eigenvalue weighted by Crippen LogP contribution is -2.13. The first-order chi connectivity index (χ1) is 14.6. The molecule has 0 aromatic heterocycles. The zero-order valence-corrected chi connectivity index (χ0v) is 17.0. The lowest BCUT2D eigenvalue weighted by molar-refractivity contribution is -0.111. The van der Waals surface area contributed by atoms with Gasteiger partial charge in [0.05, 0.1) is 10.6 Å². The summed E-state index contributed by atoms with van der Waals surface area (Å²) in [6.07, 6.45) is 2.74. The maximum absolute atomic E-state index is 14.6. The molecule has 0 aliphatic rings. The van der Waals surface area contributed by atoms with Crippen molar-refractivity contribution >= 4 is 33.5 Å². The minimum atomic E-state index is -3.99. The van der Waals surface area contributed by atoms with Crippen molar-refractivity contribution < 1.29 is 17.6 Å².